The number of nitriles is 2. The lowest BCUT2D eigenvalue weighted by atomic mass is 9.99. The quantitative estimate of drug-likeness (QED) is 0.121. The van der Waals surface area contributed by atoms with Crippen LogP contribution in [-0.2, 0) is 0 Å². The lowest BCUT2D eigenvalue weighted by Crippen LogP contribution is -2.04. The number of para-hydroxylation sites is 8. The van der Waals surface area contributed by atoms with Gasteiger partial charge in [0.25, 0.3) is 0 Å². The maximum Gasteiger partial charge on any atom is 0.166 e. The topological polar surface area (TPSA) is 171 Å². The summed E-state index contributed by atoms with van der Waals surface area (Å²) in [6.45, 7) is 0. The van der Waals surface area contributed by atoms with Crippen LogP contribution in [0.5, 0.6) is 0 Å². The maximum absolute atomic E-state index is 11.1. The summed E-state index contributed by atoms with van der Waals surface area (Å²) in [6.07, 6.45) is 0. The van der Waals surface area contributed by atoms with E-state index in [-0.39, 0.29) is 0 Å². The molecule has 8 aromatic heterocycles. The molecular formula is C110H64N12O2. The molecule has 0 bridgehead atoms. The van der Waals surface area contributed by atoms with Crippen LogP contribution < -0.4 is 0 Å². The molecule has 0 atom stereocenters. The first-order chi connectivity index (χ1) is 61.4. The van der Waals surface area contributed by atoms with Crippen LogP contribution in [0.4, 0.5) is 0 Å². The van der Waals surface area contributed by atoms with E-state index in [1.807, 2.05) is 182 Å². The Kier molecular flexibility index (Phi) is 16.4. The molecule has 124 heavy (non-hydrogen) atoms. The molecule has 0 unspecified atom stereocenters. The van der Waals surface area contributed by atoms with Crippen LogP contribution in [0.2, 0.25) is 0 Å². The first kappa shape index (κ1) is 70.7. The normalized spacial score (nSPS) is 11.7. The number of benzene rings is 17. The van der Waals surface area contributed by atoms with Crippen LogP contribution in [0.1, 0.15) is 11.1 Å². The van der Waals surface area contributed by atoms with Gasteiger partial charge in [0.05, 0.1) is 84.1 Å². The molecule has 0 radical (unpaired) electrons. The minimum absolute atomic E-state index is 0.474. The first-order valence-electron chi connectivity index (χ1n) is 41.1. The van der Waals surface area contributed by atoms with Gasteiger partial charge in [-0.05, 0) is 108 Å². The molecule has 0 saturated heterocycles. The van der Waals surface area contributed by atoms with E-state index >= 15 is 0 Å². The van der Waals surface area contributed by atoms with Crippen LogP contribution in [0.3, 0.4) is 0 Å². The number of furan rings is 2. The Hall–Kier alpha value is -17.5. The Labute approximate surface area is 707 Å². The number of rotatable bonds is 11. The molecule has 576 valence electrons. The third-order valence-electron chi connectivity index (χ3n) is 24.0. The zero-order valence-corrected chi connectivity index (χ0v) is 66.1. The largest absolute Gasteiger partial charge is 0.454 e. The number of hydrogen-bond donors (Lipinski definition) is 0. The molecule has 0 amide bonds. The average molecular weight is 1590 g/mol. The van der Waals surface area contributed by atoms with Crippen molar-refractivity contribution in [1.29, 1.82) is 10.5 Å². The fourth-order valence-electron chi connectivity index (χ4n) is 18.6. The van der Waals surface area contributed by atoms with Crippen LogP contribution in [0.25, 0.3) is 233 Å². The molecule has 14 nitrogen and oxygen atoms in total. The second-order valence-electron chi connectivity index (χ2n) is 30.9. The van der Waals surface area contributed by atoms with Crippen molar-refractivity contribution >= 4 is 131 Å². The summed E-state index contributed by atoms with van der Waals surface area (Å²) in [5, 5.41) is 34.6. The number of aromatic nitrogens is 10. The first-order valence-corrected chi connectivity index (χ1v) is 41.1. The summed E-state index contributed by atoms with van der Waals surface area (Å²) in [5.74, 6) is 3.16. The van der Waals surface area contributed by atoms with Crippen molar-refractivity contribution < 1.29 is 8.83 Å². The number of nitrogens with zero attached hydrogens (tertiary/aromatic N) is 12. The second kappa shape index (κ2) is 28.7. The highest BCUT2D eigenvalue weighted by Gasteiger charge is 2.29. The van der Waals surface area contributed by atoms with Gasteiger partial charge in [-0.3, -0.25) is 0 Å². The summed E-state index contributed by atoms with van der Waals surface area (Å²) < 4.78 is 22.5. The second-order valence-corrected chi connectivity index (χ2v) is 30.9. The summed E-state index contributed by atoms with van der Waals surface area (Å²) in [4.78, 5) is 30.5. The van der Waals surface area contributed by atoms with E-state index < -0.39 is 0 Å². The maximum atomic E-state index is 11.1. The molecule has 0 saturated carbocycles. The van der Waals surface area contributed by atoms with E-state index in [1.54, 1.807) is 0 Å². The highest BCUT2D eigenvalue weighted by atomic mass is 16.3. The lowest BCUT2D eigenvalue weighted by molar-refractivity contribution is 0.666. The van der Waals surface area contributed by atoms with Crippen molar-refractivity contribution in [3.8, 4) is 114 Å². The summed E-state index contributed by atoms with van der Waals surface area (Å²) >= 11 is 0. The van der Waals surface area contributed by atoms with Crippen molar-refractivity contribution in [2.75, 3.05) is 0 Å². The van der Waals surface area contributed by atoms with Crippen LogP contribution in [-0.4, -0.2) is 48.2 Å². The van der Waals surface area contributed by atoms with Crippen molar-refractivity contribution in [3.63, 3.8) is 0 Å². The minimum atomic E-state index is 0.474. The van der Waals surface area contributed by atoms with E-state index in [0.29, 0.717) is 51.6 Å². The average Bonchev–Trinajstić information content (AvgIpc) is 1.54. The third kappa shape index (κ3) is 11.3. The summed E-state index contributed by atoms with van der Waals surface area (Å²) in [5.41, 5.74) is 23.3. The minimum Gasteiger partial charge on any atom is -0.454 e. The Bertz CT molecular complexity index is 8730. The van der Waals surface area contributed by atoms with Gasteiger partial charge < -0.3 is 27.1 Å². The van der Waals surface area contributed by atoms with Gasteiger partial charge in [0.2, 0.25) is 0 Å². The summed E-state index contributed by atoms with van der Waals surface area (Å²) in [7, 11) is 0. The molecule has 0 aliphatic rings. The molecular weight excluding hydrogens is 1520 g/mol. The predicted molar refractivity (Wildman–Crippen MR) is 499 cm³/mol. The molecule has 25 rings (SSSR count). The van der Waals surface area contributed by atoms with Gasteiger partial charge in [0.15, 0.2) is 46.1 Å². The van der Waals surface area contributed by atoms with E-state index in [9.17, 15) is 10.5 Å². The monoisotopic (exact) mass is 1580 g/mol. The molecule has 0 aliphatic heterocycles. The molecule has 0 fully saturated rings. The fourth-order valence-corrected chi connectivity index (χ4v) is 18.6. The van der Waals surface area contributed by atoms with E-state index in [2.05, 4.69) is 237 Å². The van der Waals surface area contributed by atoms with E-state index in [4.69, 9.17) is 38.7 Å². The Morgan fingerprint density at radius 2 is 0.589 bits per heavy atom. The molecule has 0 N–H and O–H groups in total. The predicted octanol–water partition coefficient (Wildman–Crippen LogP) is 27.3. The zero-order valence-electron chi connectivity index (χ0n) is 66.1. The van der Waals surface area contributed by atoms with Gasteiger partial charge in [-0.1, -0.05) is 291 Å². The molecule has 8 heterocycles. The van der Waals surface area contributed by atoms with E-state index in [1.165, 1.54) is 0 Å². The smallest absolute Gasteiger partial charge is 0.166 e. The third-order valence-corrected chi connectivity index (χ3v) is 24.0. The van der Waals surface area contributed by atoms with Crippen molar-refractivity contribution in [3.05, 3.63) is 399 Å². The summed E-state index contributed by atoms with van der Waals surface area (Å²) in [6, 6.07) is 137. The van der Waals surface area contributed by atoms with Crippen LogP contribution in [0, 0.1) is 22.7 Å². The van der Waals surface area contributed by atoms with Crippen molar-refractivity contribution in [2.24, 2.45) is 0 Å². The van der Waals surface area contributed by atoms with Gasteiger partial charge in [-0.25, -0.2) is 29.9 Å². The van der Waals surface area contributed by atoms with E-state index in [0.717, 1.165) is 193 Å². The highest BCUT2D eigenvalue weighted by Crippen LogP contribution is 2.49. The number of hydrogen-bond acceptors (Lipinski definition) is 10. The standard InChI is InChI=1S/C58H34N6O.C52H30N6O/c59-35-39-34-38(57-60-56(37-18-5-2-6-19-37)61-58(62-57)45-23-8-7-20-40(45)36-16-3-1-4-17-36)30-32-47(39)64-48-26-12-9-21-41(48)43-31-33-50-53(54(43)64)46-24-10-13-27-49(46)63(50)51-28-15-25-44-42-22-11-14-29-52(42)65-55(44)51;53-31-32-26-28-43(40(30-32)52-55-50(33-14-3-1-4-15-33)54-51(56-52)34-16-5-2-6-17-34)58-41-22-10-7-18-35(41)37-27-29-44-47(48(37)58)39-20-8-11-23-42(39)57(44)45-24-13-21-38-36-19-9-12-25-46(36)59-49(38)45/h1-34H;1-30H. The Morgan fingerprint density at radius 3 is 1.06 bits per heavy atom. The van der Waals surface area contributed by atoms with Gasteiger partial charge in [0.1, 0.15) is 17.2 Å². The van der Waals surface area contributed by atoms with Crippen LogP contribution >= 0.6 is 0 Å². The SMILES string of the molecule is N#Cc1cc(-c2nc(-c3ccccc3)nc(-c3ccccc3-c3ccccc3)n2)ccc1-n1c2ccccc2c2ccc3c(c4ccccc4n3-c3cccc4c3oc3ccccc34)c21.N#Cc1ccc(-n2c3ccccc3c3ccc4c(c5ccccc5n4-c4cccc5c4oc4ccccc45)c32)c(-c2nc(-c3ccccc3)nc(-c3ccccc3)n2)c1. The molecule has 0 aliphatic carbocycles. The lowest BCUT2D eigenvalue weighted by Gasteiger charge is -2.15. The Balaban J connectivity index is 0.000000140. The molecule has 14 heteroatoms. The Morgan fingerprint density at radius 1 is 0.218 bits per heavy atom. The van der Waals surface area contributed by atoms with Crippen molar-refractivity contribution in [2.45, 2.75) is 0 Å². The van der Waals surface area contributed by atoms with Crippen LogP contribution in [0.15, 0.2) is 397 Å². The number of fused-ring (bicyclic) bond motifs is 20. The highest BCUT2D eigenvalue weighted by molar-refractivity contribution is 6.29. The molecule has 0 spiro atoms. The molecule has 17 aromatic carbocycles. The van der Waals surface area contributed by atoms with Gasteiger partial charge in [0, 0.05) is 98.0 Å². The molecule has 25 aromatic rings. The van der Waals surface area contributed by atoms with Gasteiger partial charge in [-0.15, -0.1) is 0 Å². The zero-order chi connectivity index (χ0) is 82.0. The van der Waals surface area contributed by atoms with Crippen molar-refractivity contribution in [1.82, 2.24) is 48.2 Å². The van der Waals surface area contributed by atoms with Gasteiger partial charge in [-0.2, -0.15) is 10.5 Å². The fraction of sp³-hybridized carbons (Fsp3) is 0. The van der Waals surface area contributed by atoms with Gasteiger partial charge >= 0.3 is 0 Å².